The summed E-state index contributed by atoms with van der Waals surface area (Å²) in [7, 11) is 0. The Morgan fingerprint density at radius 1 is 1.00 bits per heavy atom. The van der Waals surface area contributed by atoms with Gasteiger partial charge in [-0.3, -0.25) is 9.41 Å². The molecule has 0 aromatic carbocycles. The zero-order chi connectivity index (χ0) is 4.50. The summed E-state index contributed by atoms with van der Waals surface area (Å²) in [5.41, 5.74) is 0. The SMILES string of the molecule is F.F.FC(F)(F)I. The van der Waals surface area contributed by atoms with Crippen LogP contribution in [0.15, 0.2) is 0 Å². The standard InChI is InChI=1S/CF3I.2FH/c2-1(3,4)5;;/h;2*1H. The van der Waals surface area contributed by atoms with Crippen molar-refractivity contribution in [3.05, 3.63) is 0 Å². The zero-order valence-electron chi connectivity index (χ0n) is 2.83. The van der Waals surface area contributed by atoms with E-state index in [0.29, 0.717) is 22.6 Å². The van der Waals surface area contributed by atoms with Gasteiger partial charge in [0, 0.05) is 22.6 Å². The van der Waals surface area contributed by atoms with Gasteiger partial charge in [-0.25, -0.2) is 0 Å². The van der Waals surface area contributed by atoms with E-state index in [1.165, 1.54) is 0 Å². The summed E-state index contributed by atoms with van der Waals surface area (Å²) in [6.45, 7) is 0. The molecule has 0 radical (unpaired) electrons. The molecule has 0 saturated heterocycles. The molecule has 0 bridgehead atoms. The van der Waals surface area contributed by atoms with Crippen LogP contribution in [-0.4, -0.2) is 4.18 Å². The van der Waals surface area contributed by atoms with Crippen molar-refractivity contribution >= 4 is 22.6 Å². The second-order valence-electron chi connectivity index (χ2n) is 0.429. The van der Waals surface area contributed by atoms with Gasteiger partial charge in [-0.15, -0.1) is 0 Å². The molecule has 0 saturated carbocycles. The lowest BCUT2D eigenvalue weighted by Gasteiger charge is -1.85. The Balaban J connectivity index is -0.0000000800. The highest BCUT2D eigenvalue weighted by Gasteiger charge is 2.19. The van der Waals surface area contributed by atoms with E-state index in [0.717, 1.165) is 0 Å². The van der Waals surface area contributed by atoms with Gasteiger partial charge in [0.1, 0.15) is 0 Å². The minimum Gasteiger partial charge on any atom is -0.269 e. The molecule has 0 spiro atoms. The van der Waals surface area contributed by atoms with Gasteiger partial charge in [0.2, 0.25) is 0 Å². The van der Waals surface area contributed by atoms with Crippen LogP contribution in [0, 0.1) is 0 Å². The molecule has 0 aliphatic rings. The van der Waals surface area contributed by atoms with Crippen LogP contribution in [0.25, 0.3) is 0 Å². The maximum Gasteiger partial charge on any atom is 0.441 e. The van der Waals surface area contributed by atoms with Crippen LogP contribution in [0.2, 0.25) is 0 Å². The molecule has 6 heteroatoms. The average Bonchev–Trinajstić information content (AvgIpc) is 0.722. The molecule has 0 aromatic rings. The summed E-state index contributed by atoms with van der Waals surface area (Å²) in [4.78, 5) is 0. The van der Waals surface area contributed by atoms with E-state index in [1.807, 2.05) is 0 Å². The monoisotopic (exact) mass is 236 g/mol. The van der Waals surface area contributed by atoms with E-state index in [4.69, 9.17) is 0 Å². The van der Waals surface area contributed by atoms with Crippen molar-refractivity contribution in [2.75, 3.05) is 0 Å². The van der Waals surface area contributed by atoms with Crippen molar-refractivity contribution in [2.24, 2.45) is 0 Å². The number of alkyl halides is 4. The van der Waals surface area contributed by atoms with Gasteiger partial charge in [0.25, 0.3) is 0 Å². The Bertz CT molecular complexity index is 23.6. The summed E-state index contributed by atoms with van der Waals surface area (Å²) in [5, 5.41) is 0. The lowest BCUT2D eigenvalue weighted by molar-refractivity contribution is -0.0125. The van der Waals surface area contributed by atoms with Gasteiger partial charge < -0.3 is 0 Å². The first kappa shape index (κ1) is 15.7. The maximum atomic E-state index is 10.3. The van der Waals surface area contributed by atoms with Gasteiger partial charge in [-0.2, -0.15) is 13.2 Å². The second kappa shape index (κ2) is 4.54. The largest absolute Gasteiger partial charge is 0.441 e. The highest BCUT2D eigenvalue weighted by molar-refractivity contribution is 14.1. The predicted molar refractivity (Wildman–Crippen MR) is 25.1 cm³/mol. The van der Waals surface area contributed by atoms with Gasteiger partial charge >= 0.3 is 4.18 Å². The molecule has 7 heavy (non-hydrogen) atoms. The number of rotatable bonds is 0. The van der Waals surface area contributed by atoms with Gasteiger partial charge in [0.15, 0.2) is 0 Å². The molecular formula is CH2F5I. The van der Waals surface area contributed by atoms with Crippen molar-refractivity contribution in [2.45, 2.75) is 4.18 Å². The Labute approximate surface area is 50.0 Å². The second-order valence-corrected chi connectivity index (χ2v) is 1.65. The number of halogens is 6. The van der Waals surface area contributed by atoms with Crippen molar-refractivity contribution in [1.29, 1.82) is 0 Å². The Kier molecular flexibility index (Phi) is 10.1. The van der Waals surface area contributed by atoms with Gasteiger partial charge in [-0.1, -0.05) is 0 Å². The topological polar surface area (TPSA) is 0 Å². The lowest BCUT2D eigenvalue weighted by atomic mass is 11.6. The molecular weight excluding hydrogens is 234 g/mol. The van der Waals surface area contributed by atoms with Crippen LogP contribution >= 0.6 is 22.6 Å². The molecule has 0 heterocycles. The molecule has 0 atom stereocenters. The summed E-state index contributed by atoms with van der Waals surface area (Å²) >= 11 is 0.378. The van der Waals surface area contributed by atoms with Crippen molar-refractivity contribution in [3.8, 4) is 0 Å². The van der Waals surface area contributed by atoms with E-state index >= 15 is 0 Å². The fourth-order valence-corrected chi connectivity index (χ4v) is 0. The molecule has 0 aromatic heterocycles. The molecule has 0 nitrogen and oxygen atoms in total. The molecule has 0 unspecified atom stereocenters. The van der Waals surface area contributed by atoms with Crippen LogP contribution in [0.5, 0.6) is 0 Å². The summed E-state index contributed by atoms with van der Waals surface area (Å²) in [5.74, 6) is 0. The first-order chi connectivity index (χ1) is 2.00. The molecule has 0 rings (SSSR count). The van der Waals surface area contributed by atoms with Crippen LogP contribution in [-0.2, 0) is 0 Å². The van der Waals surface area contributed by atoms with E-state index < -0.39 is 4.18 Å². The van der Waals surface area contributed by atoms with Crippen molar-refractivity contribution in [3.63, 3.8) is 0 Å². The zero-order valence-corrected chi connectivity index (χ0v) is 4.99. The van der Waals surface area contributed by atoms with Gasteiger partial charge in [0.05, 0.1) is 0 Å². The summed E-state index contributed by atoms with van der Waals surface area (Å²) < 4.78 is 27.0. The molecule has 0 amide bonds. The predicted octanol–water partition coefficient (Wildman–Crippen LogP) is 2.25. The quantitative estimate of drug-likeness (QED) is 0.343. The molecule has 0 aliphatic carbocycles. The third-order valence-corrected chi connectivity index (χ3v) is 0. The fourth-order valence-electron chi connectivity index (χ4n) is 0. The third-order valence-electron chi connectivity index (χ3n) is 0. The minimum atomic E-state index is -4.03. The first-order valence-electron chi connectivity index (χ1n) is 0.756. The Hall–Kier alpha value is 0.380. The lowest BCUT2D eigenvalue weighted by Crippen LogP contribution is -1.87. The number of hydrogen-bond donors (Lipinski definition) is 0. The normalized spacial score (nSPS) is 8.57. The average molecular weight is 236 g/mol. The van der Waals surface area contributed by atoms with Crippen LogP contribution in [0.4, 0.5) is 22.6 Å². The minimum absolute atomic E-state index is 0. The molecule has 0 N–H and O–H groups in total. The van der Waals surface area contributed by atoms with Gasteiger partial charge in [-0.05, 0) is 0 Å². The molecule has 48 valence electrons. The first-order valence-corrected chi connectivity index (χ1v) is 1.83. The Morgan fingerprint density at radius 3 is 1.00 bits per heavy atom. The molecule has 0 fully saturated rings. The van der Waals surface area contributed by atoms with Crippen LogP contribution in [0.3, 0.4) is 0 Å². The van der Waals surface area contributed by atoms with E-state index in [-0.39, 0.29) is 9.41 Å². The van der Waals surface area contributed by atoms with Crippen molar-refractivity contribution in [1.82, 2.24) is 0 Å². The number of hydrogen-bond acceptors (Lipinski definition) is 0. The highest BCUT2D eigenvalue weighted by atomic mass is 127. The van der Waals surface area contributed by atoms with E-state index in [2.05, 4.69) is 0 Å². The fraction of sp³-hybridized carbons (Fsp3) is 1.00. The van der Waals surface area contributed by atoms with E-state index in [9.17, 15) is 13.2 Å². The van der Waals surface area contributed by atoms with Crippen LogP contribution in [0.1, 0.15) is 0 Å². The maximum absolute atomic E-state index is 10.3. The third kappa shape index (κ3) is 848. The summed E-state index contributed by atoms with van der Waals surface area (Å²) in [6.07, 6.45) is 0. The Morgan fingerprint density at radius 2 is 1.00 bits per heavy atom. The summed E-state index contributed by atoms with van der Waals surface area (Å²) in [6, 6.07) is 0. The van der Waals surface area contributed by atoms with Crippen LogP contribution < -0.4 is 0 Å². The van der Waals surface area contributed by atoms with Crippen molar-refractivity contribution < 1.29 is 22.6 Å². The highest BCUT2D eigenvalue weighted by Crippen LogP contribution is 2.22. The molecule has 0 aliphatic heterocycles. The smallest absolute Gasteiger partial charge is 0.269 e. The van der Waals surface area contributed by atoms with E-state index in [1.54, 1.807) is 0 Å².